The number of methoxy groups -OCH3 is 1. The highest BCUT2D eigenvalue weighted by molar-refractivity contribution is 6.30. The van der Waals surface area contributed by atoms with E-state index in [1.165, 1.54) is 5.56 Å². The van der Waals surface area contributed by atoms with Gasteiger partial charge >= 0.3 is 0 Å². The molecule has 1 atom stereocenters. The molecule has 0 aromatic heterocycles. The molecular weight excluding hydrogens is 276 g/mol. The van der Waals surface area contributed by atoms with Gasteiger partial charge in [0.1, 0.15) is 0 Å². The third-order valence-electron chi connectivity index (χ3n) is 3.05. The van der Waals surface area contributed by atoms with Crippen molar-refractivity contribution < 1.29 is 9.53 Å². The summed E-state index contributed by atoms with van der Waals surface area (Å²) < 4.78 is 4.88. The summed E-state index contributed by atoms with van der Waals surface area (Å²) in [6.07, 6.45) is 1.43. The summed E-state index contributed by atoms with van der Waals surface area (Å²) in [5.41, 5.74) is 1.19. The molecule has 0 saturated heterocycles. The fourth-order valence-electron chi connectivity index (χ4n) is 1.93. The minimum atomic E-state index is 0.0421. The van der Waals surface area contributed by atoms with E-state index in [2.05, 4.69) is 17.6 Å². The predicted octanol–water partition coefficient (Wildman–Crippen LogP) is 2.53. The van der Waals surface area contributed by atoms with E-state index in [0.29, 0.717) is 26.1 Å². The Kier molecular flexibility index (Phi) is 8.26. The van der Waals surface area contributed by atoms with Crippen molar-refractivity contribution in [2.75, 3.05) is 26.8 Å². The molecule has 4 nitrogen and oxygen atoms in total. The summed E-state index contributed by atoms with van der Waals surface area (Å²) in [5, 5.41) is 6.93. The monoisotopic (exact) mass is 298 g/mol. The van der Waals surface area contributed by atoms with Gasteiger partial charge in [0.2, 0.25) is 5.91 Å². The number of halogens is 1. The van der Waals surface area contributed by atoms with Crippen molar-refractivity contribution in [3.05, 3.63) is 34.9 Å². The molecule has 1 amide bonds. The number of hydrogen-bond donors (Lipinski definition) is 2. The molecule has 0 saturated carbocycles. The highest BCUT2D eigenvalue weighted by atomic mass is 35.5. The van der Waals surface area contributed by atoms with Gasteiger partial charge in [-0.15, -0.1) is 0 Å². The Balaban J connectivity index is 2.31. The van der Waals surface area contributed by atoms with Crippen molar-refractivity contribution in [2.45, 2.75) is 25.8 Å². The molecule has 1 aromatic rings. The van der Waals surface area contributed by atoms with Crippen LogP contribution in [0.1, 0.15) is 31.4 Å². The summed E-state index contributed by atoms with van der Waals surface area (Å²) in [6, 6.07) is 8.06. The molecule has 112 valence electrons. The van der Waals surface area contributed by atoms with Crippen LogP contribution in [-0.4, -0.2) is 32.7 Å². The van der Waals surface area contributed by atoms with E-state index >= 15 is 0 Å². The summed E-state index contributed by atoms with van der Waals surface area (Å²) in [7, 11) is 1.62. The van der Waals surface area contributed by atoms with Gasteiger partial charge in [-0.1, -0.05) is 30.7 Å². The Morgan fingerprint density at radius 2 is 2.00 bits per heavy atom. The average Bonchev–Trinajstić information content (AvgIpc) is 2.45. The Morgan fingerprint density at radius 1 is 1.30 bits per heavy atom. The lowest BCUT2D eigenvalue weighted by Gasteiger charge is -2.17. The van der Waals surface area contributed by atoms with Gasteiger partial charge in [-0.05, 0) is 24.1 Å². The topological polar surface area (TPSA) is 50.4 Å². The van der Waals surface area contributed by atoms with Gasteiger partial charge in [-0.3, -0.25) is 4.79 Å². The maximum atomic E-state index is 11.5. The zero-order valence-corrected chi connectivity index (χ0v) is 12.9. The van der Waals surface area contributed by atoms with Crippen molar-refractivity contribution in [1.29, 1.82) is 0 Å². The van der Waals surface area contributed by atoms with Crippen LogP contribution >= 0.6 is 11.6 Å². The van der Waals surface area contributed by atoms with Gasteiger partial charge in [-0.25, -0.2) is 0 Å². The third-order valence-corrected chi connectivity index (χ3v) is 3.30. The third kappa shape index (κ3) is 6.37. The van der Waals surface area contributed by atoms with Crippen LogP contribution in [0, 0.1) is 0 Å². The van der Waals surface area contributed by atoms with Crippen LogP contribution in [0.2, 0.25) is 5.02 Å². The molecule has 20 heavy (non-hydrogen) atoms. The molecule has 0 radical (unpaired) electrons. The summed E-state index contributed by atoms with van der Waals surface area (Å²) >= 11 is 5.88. The number of carbonyl (C=O) groups excluding carboxylic acids is 1. The van der Waals surface area contributed by atoms with Gasteiger partial charge < -0.3 is 15.4 Å². The molecule has 0 aliphatic carbocycles. The number of amides is 1. The number of nitrogens with one attached hydrogen (secondary N) is 2. The smallest absolute Gasteiger partial charge is 0.221 e. The largest absolute Gasteiger partial charge is 0.383 e. The van der Waals surface area contributed by atoms with Crippen molar-refractivity contribution in [2.24, 2.45) is 0 Å². The minimum Gasteiger partial charge on any atom is -0.383 e. The lowest BCUT2D eigenvalue weighted by molar-refractivity contribution is -0.121. The normalized spacial score (nSPS) is 12.2. The SMILES string of the molecule is CCC(NCCC(=O)NCCOC)c1ccc(Cl)cc1. The Labute approximate surface area is 125 Å². The van der Waals surface area contributed by atoms with Crippen LogP contribution in [-0.2, 0) is 9.53 Å². The number of benzene rings is 1. The standard InChI is InChI=1S/C15H23ClN2O2/c1-3-14(12-4-6-13(16)7-5-12)17-9-8-15(19)18-10-11-20-2/h4-7,14,17H,3,8-11H2,1-2H3,(H,18,19). The van der Waals surface area contributed by atoms with Crippen LogP contribution in [0.5, 0.6) is 0 Å². The van der Waals surface area contributed by atoms with Crippen molar-refractivity contribution in [3.8, 4) is 0 Å². The first-order valence-corrected chi connectivity index (χ1v) is 7.29. The molecule has 0 aliphatic rings. The molecule has 0 heterocycles. The van der Waals surface area contributed by atoms with Crippen LogP contribution in [0.4, 0.5) is 0 Å². The molecule has 2 N–H and O–H groups in total. The Bertz CT molecular complexity index is 395. The van der Waals surface area contributed by atoms with E-state index in [1.807, 2.05) is 24.3 Å². The van der Waals surface area contributed by atoms with E-state index in [-0.39, 0.29) is 11.9 Å². The van der Waals surface area contributed by atoms with Gasteiger partial charge in [0.25, 0.3) is 0 Å². The minimum absolute atomic E-state index is 0.0421. The summed E-state index contributed by atoms with van der Waals surface area (Å²) in [6.45, 7) is 3.87. The van der Waals surface area contributed by atoms with E-state index in [1.54, 1.807) is 7.11 Å². The first-order valence-electron chi connectivity index (χ1n) is 6.91. The van der Waals surface area contributed by atoms with Gasteiger partial charge in [0.15, 0.2) is 0 Å². The van der Waals surface area contributed by atoms with Crippen LogP contribution in [0.25, 0.3) is 0 Å². The number of hydrogen-bond acceptors (Lipinski definition) is 3. The Morgan fingerprint density at radius 3 is 2.60 bits per heavy atom. The number of carbonyl (C=O) groups is 1. The number of ether oxygens (including phenoxy) is 1. The molecule has 1 aromatic carbocycles. The van der Waals surface area contributed by atoms with Gasteiger partial charge in [-0.2, -0.15) is 0 Å². The summed E-state index contributed by atoms with van der Waals surface area (Å²) in [5.74, 6) is 0.0421. The van der Waals surface area contributed by atoms with Gasteiger partial charge in [0.05, 0.1) is 6.61 Å². The Hall–Kier alpha value is -1.10. The highest BCUT2D eigenvalue weighted by Crippen LogP contribution is 2.18. The molecule has 5 heteroatoms. The molecule has 0 bridgehead atoms. The van der Waals surface area contributed by atoms with Crippen molar-refractivity contribution in [1.82, 2.24) is 10.6 Å². The van der Waals surface area contributed by atoms with Crippen LogP contribution in [0.3, 0.4) is 0 Å². The molecular formula is C15H23ClN2O2. The van der Waals surface area contributed by atoms with Crippen LogP contribution in [0.15, 0.2) is 24.3 Å². The first kappa shape index (κ1) is 17.0. The lowest BCUT2D eigenvalue weighted by atomic mass is 10.0. The predicted molar refractivity (Wildman–Crippen MR) is 82.0 cm³/mol. The van der Waals surface area contributed by atoms with Crippen LogP contribution < -0.4 is 10.6 Å². The second kappa shape index (κ2) is 9.75. The highest BCUT2D eigenvalue weighted by Gasteiger charge is 2.09. The fraction of sp³-hybridized carbons (Fsp3) is 0.533. The van der Waals surface area contributed by atoms with E-state index in [0.717, 1.165) is 11.4 Å². The molecule has 1 unspecified atom stereocenters. The molecule has 0 aliphatic heterocycles. The van der Waals surface area contributed by atoms with E-state index < -0.39 is 0 Å². The lowest BCUT2D eigenvalue weighted by Crippen LogP contribution is -2.31. The quantitative estimate of drug-likeness (QED) is 0.689. The zero-order valence-electron chi connectivity index (χ0n) is 12.1. The molecule has 0 fully saturated rings. The molecule has 0 spiro atoms. The maximum Gasteiger partial charge on any atom is 0.221 e. The van der Waals surface area contributed by atoms with Crippen molar-refractivity contribution in [3.63, 3.8) is 0 Å². The van der Waals surface area contributed by atoms with E-state index in [4.69, 9.17) is 16.3 Å². The van der Waals surface area contributed by atoms with E-state index in [9.17, 15) is 4.79 Å². The second-order valence-corrected chi connectivity index (χ2v) is 5.00. The average molecular weight is 299 g/mol. The molecule has 1 rings (SSSR count). The van der Waals surface area contributed by atoms with Gasteiger partial charge in [0, 0.05) is 37.7 Å². The second-order valence-electron chi connectivity index (χ2n) is 4.56. The zero-order chi connectivity index (χ0) is 14.8. The maximum absolute atomic E-state index is 11.5. The summed E-state index contributed by atoms with van der Waals surface area (Å²) in [4.78, 5) is 11.5. The fourth-order valence-corrected chi connectivity index (χ4v) is 2.06. The van der Waals surface area contributed by atoms with Crippen molar-refractivity contribution >= 4 is 17.5 Å². The first-order chi connectivity index (χ1) is 9.67. The number of rotatable bonds is 9.